The molecule has 1 saturated heterocycles. The molecule has 0 bridgehead atoms. The van der Waals surface area contributed by atoms with E-state index in [-0.39, 0.29) is 11.3 Å². The third-order valence-electron chi connectivity index (χ3n) is 2.36. The summed E-state index contributed by atoms with van der Waals surface area (Å²) in [4.78, 5) is 22.0. The molecular formula is C9H8N4O2S2. The summed E-state index contributed by atoms with van der Waals surface area (Å²) in [5, 5.41) is 6.87. The summed E-state index contributed by atoms with van der Waals surface area (Å²) < 4.78 is 0. The molecule has 3 rings (SSSR count). The van der Waals surface area contributed by atoms with E-state index in [0.717, 1.165) is 0 Å². The lowest BCUT2D eigenvalue weighted by Crippen LogP contribution is -2.66. The number of hydrogen-bond donors (Lipinski definition) is 1. The molecule has 17 heavy (non-hydrogen) atoms. The van der Waals surface area contributed by atoms with Crippen LogP contribution in [0.3, 0.4) is 0 Å². The number of nitrogens with zero attached hydrogens (tertiary/aromatic N) is 3. The van der Waals surface area contributed by atoms with E-state index in [4.69, 9.17) is 10.6 Å². The number of amides is 1. The largest absolute Gasteiger partial charge is 0.324 e. The van der Waals surface area contributed by atoms with E-state index in [1.807, 2.05) is 5.38 Å². The molecule has 2 N–H and O–H groups in total. The topological polar surface area (TPSA) is 80.8 Å². The Morgan fingerprint density at radius 1 is 1.59 bits per heavy atom. The van der Waals surface area contributed by atoms with Crippen molar-refractivity contribution in [2.45, 2.75) is 11.4 Å². The van der Waals surface area contributed by atoms with Crippen molar-refractivity contribution in [3.63, 3.8) is 0 Å². The van der Waals surface area contributed by atoms with Gasteiger partial charge in [-0.1, -0.05) is 28.3 Å². The lowest BCUT2D eigenvalue weighted by Gasteiger charge is -2.44. The average molecular weight is 268 g/mol. The highest BCUT2D eigenvalue weighted by Crippen LogP contribution is 2.33. The second-order valence-corrected chi connectivity index (χ2v) is 5.41. The van der Waals surface area contributed by atoms with Crippen LogP contribution < -0.4 is 10.6 Å². The predicted molar refractivity (Wildman–Crippen MR) is 65.5 cm³/mol. The zero-order valence-corrected chi connectivity index (χ0v) is 10.1. The van der Waals surface area contributed by atoms with Gasteiger partial charge in [-0.05, 0) is 6.08 Å². The lowest BCUT2D eigenvalue weighted by molar-refractivity contribution is -0.140. The van der Waals surface area contributed by atoms with E-state index >= 15 is 0 Å². The molecule has 1 fully saturated rings. The number of hydrogen-bond acceptors (Lipinski definition) is 7. The van der Waals surface area contributed by atoms with Crippen LogP contribution >= 0.6 is 23.1 Å². The van der Waals surface area contributed by atoms with Crippen molar-refractivity contribution in [2.75, 3.05) is 0 Å². The highest BCUT2D eigenvalue weighted by molar-refractivity contribution is 8.15. The molecule has 2 aliphatic rings. The minimum absolute atomic E-state index is 0.0568. The molecule has 1 amide bonds. The quantitative estimate of drug-likeness (QED) is 0.627. The minimum Gasteiger partial charge on any atom is -0.324 e. The molecule has 6 nitrogen and oxygen atoms in total. The summed E-state index contributed by atoms with van der Waals surface area (Å²) in [6.07, 6.45) is 5.04. The molecule has 0 spiro atoms. The molecule has 2 aliphatic heterocycles. The van der Waals surface area contributed by atoms with Gasteiger partial charge in [-0.2, -0.15) is 0 Å². The van der Waals surface area contributed by atoms with Crippen LogP contribution in [-0.4, -0.2) is 32.3 Å². The van der Waals surface area contributed by atoms with Crippen molar-refractivity contribution in [3.05, 3.63) is 23.9 Å². The van der Waals surface area contributed by atoms with E-state index in [1.54, 1.807) is 23.4 Å². The molecule has 8 heteroatoms. The molecule has 1 unspecified atom stereocenters. The number of aromatic nitrogens is 1. The molecule has 88 valence electrons. The zero-order valence-electron chi connectivity index (χ0n) is 8.52. The zero-order chi connectivity index (χ0) is 11.8. The number of fused-ring (bicyclic) bond motifs is 1. The van der Waals surface area contributed by atoms with E-state index in [2.05, 4.69) is 10.1 Å². The van der Waals surface area contributed by atoms with Gasteiger partial charge in [0, 0.05) is 17.8 Å². The summed E-state index contributed by atoms with van der Waals surface area (Å²) in [7, 11) is 0. The maximum Gasteiger partial charge on any atom is 0.305 e. The van der Waals surface area contributed by atoms with E-state index in [9.17, 15) is 4.79 Å². The first-order chi connectivity index (χ1) is 8.25. The Bertz CT molecular complexity index is 499. The molecule has 3 heterocycles. The Balaban J connectivity index is 1.70. The summed E-state index contributed by atoms with van der Waals surface area (Å²) >= 11 is 2.77. The van der Waals surface area contributed by atoms with Crippen molar-refractivity contribution in [2.24, 2.45) is 10.9 Å². The second kappa shape index (κ2) is 4.13. The SMILES string of the molecule is NC1C(=O)N2C=CC(=NOc3nccs3)S[C@H]12. The molecular weight excluding hydrogens is 260 g/mol. The van der Waals surface area contributed by atoms with Crippen molar-refractivity contribution in [1.82, 2.24) is 9.88 Å². The highest BCUT2D eigenvalue weighted by Gasteiger charge is 2.46. The van der Waals surface area contributed by atoms with Gasteiger partial charge in [-0.3, -0.25) is 4.79 Å². The fraction of sp³-hybridized carbons (Fsp3) is 0.222. The fourth-order valence-corrected chi connectivity index (χ4v) is 2.96. The number of oxime groups is 1. The summed E-state index contributed by atoms with van der Waals surface area (Å²) in [6, 6.07) is -0.449. The van der Waals surface area contributed by atoms with Crippen LogP contribution in [0.2, 0.25) is 0 Å². The first kappa shape index (κ1) is 10.8. The first-order valence-electron chi connectivity index (χ1n) is 4.83. The van der Waals surface area contributed by atoms with Gasteiger partial charge in [0.05, 0.1) is 0 Å². The number of thiazole rings is 1. The van der Waals surface area contributed by atoms with Crippen LogP contribution in [0.1, 0.15) is 0 Å². The third-order valence-corrected chi connectivity index (χ3v) is 4.22. The van der Waals surface area contributed by atoms with E-state index < -0.39 is 6.04 Å². The number of β-lactam (4-membered cyclic amide) rings is 1. The third kappa shape index (κ3) is 1.84. The Hall–Kier alpha value is -1.38. The number of rotatable bonds is 2. The Morgan fingerprint density at radius 2 is 2.47 bits per heavy atom. The first-order valence-corrected chi connectivity index (χ1v) is 6.59. The summed E-state index contributed by atoms with van der Waals surface area (Å²) in [5.41, 5.74) is 5.68. The molecule has 1 aromatic rings. The van der Waals surface area contributed by atoms with Gasteiger partial charge in [-0.25, -0.2) is 4.98 Å². The van der Waals surface area contributed by atoms with Crippen LogP contribution in [0.15, 0.2) is 29.0 Å². The van der Waals surface area contributed by atoms with Gasteiger partial charge < -0.3 is 15.5 Å². The molecule has 2 atom stereocenters. The second-order valence-electron chi connectivity index (χ2n) is 3.41. The Labute approximate surface area is 105 Å². The van der Waals surface area contributed by atoms with Crippen molar-refractivity contribution in [3.8, 4) is 5.19 Å². The fourth-order valence-electron chi connectivity index (χ4n) is 1.50. The molecule has 0 radical (unpaired) electrons. The molecule has 0 saturated carbocycles. The van der Waals surface area contributed by atoms with Crippen LogP contribution in [-0.2, 0) is 4.79 Å². The van der Waals surface area contributed by atoms with Gasteiger partial charge in [0.2, 0.25) is 5.91 Å². The molecule has 0 aliphatic carbocycles. The van der Waals surface area contributed by atoms with Gasteiger partial charge in [0.25, 0.3) is 0 Å². The number of thioether (sulfide) groups is 1. The van der Waals surface area contributed by atoms with Crippen LogP contribution in [0.4, 0.5) is 0 Å². The standard InChI is InChI=1S/C9H8N4O2S2/c10-6-7(14)13-3-1-5(17-8(6)13)12-15-9-11-2-4-16-9/h1-4,6,8H,10H2/t6?,8-/m1/s1. The Morgan fingerprint density at radius 3 is 3.24 bits per heavy atom. The number of carbonyl (C=O) groups is 1. The van der Waals surface area contributed by atoms with E-state index in [1.165, 1.54) is 23.1 Å². The van der Waals surface area contributed by atoms with Gasteiger partial charge in [0.15, 0.2) is 0 Å². The number of carbonyl (C=O) groups excluding carboxylic acids is 1. The van der Waals surface area contributed by atoms with Gasteiger partial charge in [-0.15, -0.1) is 0 Å². The normalized spacial score (nSPS) is 29.1. The lowest BCUT2D eigenvalue weighted by atomic mass is 10.1. The highest BCUT2D eigenvalue weighted by atomic mass is 32.2. The van der Waals surface area contributed by atoms with Crippen molar-refractivity contribution >= 4 is 34.0 Å². The van der Waals surface area contributed by atoms with Crippen LogP contribution in [0, 0.1) is 0 Å². The summed E-state index contributed by atoms with van der Waals surface area (Å²) in [6.45, 7) is 0. The maximum atomic E-state index is 11.3. The van der Waals surface area contributed by atoms with Crippen LogP contribution in [0.5, 0.6) is 5.19 Å². The number of nitrogens with two attached hydrogens (primary N) is 1. The van der Waals surface area contributed by atoms with E-state index in [0.29, 0.717) is 10.2 Å². The molecule has 1 aromatic heterocycles. The minimum atomic E-state index is -0.449. The molecule has 0 aromatic carbocycles. The monoisotopic (exact) mass is 268 g/mol. The summed E-state index contributed by atoms with van der Waals surface area (Å²) in [5.74, 6) is -0.0568. The average Bonchev–Trinajstić information content (AvgIpc) is 2.88. The van der Waals surface area contributed by atoms with Gasteiger partial charge in [0.1, 0.15) is 16.5 Å². The predicted octanol–water partition coefficient (Wildman–Crippen LogP) is 0.591. The van der Waals surface area contributed by atoms with Crippen molar-refractivity contribution < 1.29 is 9.63 Å². The maximum absolute atomic E-state index is 11.3. The van der Waals surface area contributed by atoms with Crippen molar-refractivity contribution in [1.29, 1.82) is 0 Å². The van der Waals surface area contributed by atoms with Gasteiger partial charge >= 0.3 is 5.19 Å². The smallest absolute Gasteiger partial charge is 0.305 e. The Kier molecular flexibility index (Phi) is 2.61. The van der Waals surface area contributed by atoms with Crippen LogP contribution in [0.25, 0.3) is 0 Å².